The van der Waals surface area contributed by atoms with Crippen LogP contribution < -0.4 is 10.6 Å². The lowest BCUT2D eigenvalue weighted by Crippen LogP contribution is -2.36. The highest BCUT2D eigenvalue weighted by molar-refractivity contribution is 6.33. The minimum absolute atomic E-state index is 0.0886. The number of halogens is 1. The van der Waals surface area contributed by atoms with Crippen molar-refractivity contribution in [3.05, 3.63) is 34.9 Å². The quantitative estimate of drug-likeness (QED) is 0.798. The Bertz CT molecular complexity index is 361. The van der Waals surface area contributed by atoms with Crippen LogP contribution in [-0.4, -0.2) is 25.0 Å². The monoisotopic (exact) mass is 224 g/mol. The van der Waals surface area contributed by atoms with Gasteiger partial charge in [0, 0.05) is 12.6 Å². The SMILES string of the molecule is O=C(N[C@H]1CCNC1)c1ccccc1Cl. The summed E-state index contributed by atoms with van der Waals surface area (Å²) >= 11 is 5.93. The van der Waals surface area contributed by atoms with Crippen LogP contribution in [0.4, 0.5) is 0 Å². The molecule has 1 heterocycles. The third-order valence-corrected chi connectivity index (χ3v) is 2.84. The summed E-state index contributed by atoms with van der Waals surface area (Å²) in [5, 5.41) is 6.65. The van der Waals surface area contributed by atoms with Crippen LogP contribution in [-0.2, 0) is 0 Å². The fourth-order valence-electron chi connectivity index (χ4n) is 1.69. The molecule has 1 aromatic carbocycles. The first-order valence-electron chi connectivity index (χ1n) is 5.03. The van der Waals surface area contributed by atoms with Gasteiger partial charge in [0.15, 0.2) is 0 Å². The minimum Gasteiger partial charge on any atom is -0.348 e. The largest absolute Gasteiger partial charge is 0.348 e. The van der Waals surface area contributed by atoms with E-state index in [4.69, 9.17) is 11.6 Å². The van der Waals surface area contributed by atoms with Gasteiger partial charge in [-0.25, -0.2) is 0 Å². The molecule has 0 radical (unpaired) electrons. The first-order valence-corrected chi connectivity index (χ1v) is 5.41. The topological polar surface area (TPSA) is 41.1 Å². The van der Waals surface area contributed by atoms with E-state index in [2.05, 4.69) is 10.6 Å². The Balaban J connectivity index is 2.04. The average Bonchev–Trinajstić information content (AvgIpc) is 2.71. The van der Waals surface area contributed by atoms with E-state index in [-0.39, 0.29) is 11.9 Å². The van der Waals surface area contributed by atoms with Gasteiger partial charge >= 0.3 is 0 Å². The Morgan fingerprint density at radius 1 is 1.47 bits per heavy atom. The number of amides is 1. The van der Waals surface area contributed by atoms with Crippen molar-refractivity contribution in [2.45, 2.75) is 12.5 Å². The van der Waals surface area contributed by atoms with Crippen LogP contribution in [0.1, 0.15) is 16.8 Å². The van der Waals surface area contributed by atoms with E-state index in [9.17, 15) is 4.79 Å². The molecule has 15 heavy (non-hydrogen) atoms. The number of benzene rings is 1. The summed E-state index contributed by atoms with van der Waals surface area (Å²) in [7, 11) is 0. The Morgan fingerprint density at radius 3 is 2.93 bits per heavy atom. The first-order chi connectivity index (χ1) is 7.27. The number of nitrogens with one attached hydrogen (secondary N) is 2. The number of rotatable bonds is 2. The van der Waals surface area contributed by atoms with Crippen LogP contribution in [0.2, 0.25) is 5.02 Å². The van der Waals surface area contributed by atoms with Crippen LogP contribution in [0.25, 0.3) is 0 Å². The van der Waals surface area contributed by atoms with E-state index in [1.54, 1.807) is 12.1 Å². The molecule has 1 atom stereocenters. The predicted octanol–water partition coefficient (Wildman–Crippen LogP) is 1.43. The van der Waals surface area contributed by atoms with Gasteiger partial charge in [-0.2, -0.15) is 0 Å². The molecule has 0 saturated carbocycles. The number of hydrogen-bond donors (Lipinski definition) is 2. The number of carbonyl (C=O) groups is 1. The van der Waals surface area contributed by atoms with Gasteiger partial charge in [0.2, 0.25) is 0 Å². The first kappa shape index (κ1) is 10.5. The smallest absolute Gasteiger partial charge is 0.253 e. The summed E-state index contributed by atoms with van der Waals surface area (Å²) in [6, 6.07) is 7.32. The maximum atomic E-state index is 11.8. The Labute approximate surface area is 93.8 Å². The Hall–Kier alpha value is -1.06. The molecule has 2 N–H and O–H groups in total. The molecule has 1 saturated heterocycles. The summed E-state index contributed by atoms with van der Waals surface area (Å²) in [6.07, 6.45) is 0.982. The van der Waals surface area contributed by atoms with Gasteiger partial charge in [-0.05, 0) is 25.1 Å². The average molecular weight is 225 g/mol. The molecule has 1 aliphatic heterocycles. The van der Waals surface area contributed by atoms with E-state index < -0.39 is 0 Å². The third-order valence-electron chi connectivity index (χ3n) is 2.51. The molecule has 2 rings (SSSR count). The Kier molecular flexibility index (Phi) is 3.23. The molecule has 0 aromatic heterocycles. The van der Waals surface area contributed by atoms with Crippen molar-refractivity contribution in [3.8, 4) is 0 Å². The molecular formula is C11H13ClN2O. The summed E-state index contributed by atoms with van der Waals surface area (Å²) in [4.78, 5) is 11.8. The second-order valence-electron chi connectivity index (χ2n) is 3.64. The third kappa shape index (κ3) is 2.49. The maximum Gasteiger partial charge on any atom is 0.253 e. The van der Waals surface area contributed by atoms with Crippen molar-refractivity contribution in [2.75, 3.05) is 13.1 Å². The van der Waals surface area contributed by atoms with Gasteiger partial charge < -0.3 is 10.6 Å². The van der Waals surface area contributed by atoms with Crippen LogP contribution in [0.5, 0.6) is 0 Å². The molecule has 80 valence electrons. The molecule has 1 aromatic rings. The van der Waals surface area contributed by atoms with Crippen LogP contribution in [0, 0.1) is 0 Å². The maximum absolute atomic E-state index is 11.8. The molecule has 0 aliphatic carbocycles. The van der Waals surface area contributed by atoms with Gasteiger partial charge in [-0.15, -0.1) is 0 Å². The van der Waals surface area contributed by atoms with Crippen molar-refractivity contribution in [3.63, 3.8) is 0 Å². The molecule has 0 bridgehead atoms. The summed E-state index contributed by atoms with van der Waals surface area (Å²) in [6.45, 7) is 1.81. The molecule has 0 spiro atoms. The van der Waals surface area contributed by atoms with Gasteiger partial charge in [0.05, 0.1) is 10.6 Å². The van der Waals surface area contributed by atoms with Gasteiger partial charge in [0.1, 0.15) is 0 Å². The standard InChI is InChI=1S/C11H13ClN2O/c12-10-4-2-1-3-9(10)11(15)14-8-5-6-13-7-8/h1-4,8,13H,5-7H2,(H,14,15)/t8-/m0/s1. The number of hydrogen-bond acceptors (Lipinski definition) is 2. The molecule has 0 unspecified atom stereocenters. The van der Waals surface area contributed by atoms with E-state index >= 15 is 0 Å². The van der Waals surface area contributed by atoms with Crippen LogP contribution in [0.15, 0.2) is 24.3 Å². The van der Waals surface area contributed by atoms with Crippen LogP contribution >= 0.6 is 11.6 Å². The molecule has 4 heteroatoms. The lowest BCUT2D eigenvalue weighted by Gasteiger charge is -2.11. The molecule has 1 amide bonds. The Morgan fingerprint density at radius 2 is 2.27 bits per heavy atom. The number of carbonyl (C=O) groups excluding carboxylic acids is 1. The fourth-order valence-corrected chi connectivity index (χ4v) is 1.91. The van der Waals surface area contributed by atoms with E-state index in [0.29, 0.717) is 10.6 Å². The lowest BCUT2D eigenvalue weighted by molar-refractivity contribution is 0.0940. The van der Waals surface area contributed by atoms with Crippen molar-refractivity contribution in [1.82, 2.24) is 10.6 Å². The summed E-state index contributed by atoms with van der Waals surface area (Å²) in [5.41, 5.74) is 0.547. The molecule has 1 aliphatic rings. The second kappa shape index (κ2) is 4.64. The fraction of sp³-hybridized carbons (Fsp3) is 0.364. The zero-order chi connectivity index (χ0) is 10.7. The molecule has 1 fully saturated rings. The summed E-state index contributed by atoms with van der Waals surface area (Å²) in [5.74, 6) is -0.0886. The predicted molar refractivity (Wildman–Crippen MR) is 60.2 cm³/mol. The molecule has 3 nitrogen and oxygen atoms in total. The van der Waals surface area contributed by atoms with Crippen molar-refractivity contribution in [1.29, 1.82) is 0 Å². The highest BCUT2D eigenvalue weighted by atomic mass is 35.5. The van der Waals surface area contributed by atoms with Crippen molar-refractivity contribution < 1.29 is 4.79 Å². The minimum atomic E-state index is -0.0886. The van der Waals surface area contributed by atoms with Gasteiger partial charge in [-0.3, -0.25) is 4.79 Å². The van der Waals surface area contributed by atoms with E-state index in [1.807, 2.05) is 12.1 Å². The van der Waals surface area contributed by atoms with Gasteiger partial charge in [0.25, 0.3) is 5.91 Å². The lowest BCUT2D eigenvalue weighted by atomic mass is 10.2. The highest BCUT2D eigenvalue weighted by Gasteiger charge is 2.18. The summed E-state index contributed by atoms with van der Waals surface area (Å²) < 4.78 is 0. The zero-order valence-electron chi connectivity index (χ0n) is 8.29. The van der Waals surface area contributed by atoms with Gasteiger partial charge in [-0.1, -0.05) is 23.7 Å². The zero-order valence-corrected chi connectivity index (χ0v) is 9.05. The van der Waals surface area contributed by atoms with Crippen molar-refractivity contribution >= 4 is 17.5 Å². The second-order valence-corrected chi connectivity index (χ2v) is 4.05. The van der Waals surface area contributed by atoms with Crippen LogP contribution in [0.3, 0.4) is 0 Å². The molecular weight excluding hydrogens is 212 g/mol. The normalized spacial score (nSPS) is 20.2. The van der Waals surface area contributed by atoms with E-state index in [1.165, 1.54) is 0 Å². The van der Waals surface area contributed by atoms with Crippen molar-refractivity contribution in [2.24, 2.45) is 0 Å². The van der Waals surface area contributed by atoms with E-state index in [0.717, 1.165) is 19.5 Å². The highest BCUT2D eigenvalue weighted by Crippen LogP contribution is 2.15.